The molecule has 0 aliphatic rings. The smallest absolute Gasteiger partial charge is 0.0334 e. The Morgan fingerprint density at radius 1 is 0.317 bits per heavy atom. The number of hydrogen-bond acceptors (Lipinski definition) is 0. The Kier molecular flexibility index (Phi) is 93.8. The molecule has 0 aromatic carbocycles. The minimum Gasteiger partial charge on any atom is -0.0656 e. The van der Waals surface area contributed by atoms with Gasteiger partial charge in [0.05, 0.1) is 0 Å². The van der Waals surface area contributed by atoms with Crippen molar-refractivity contribution in [1.82, 2.24) is 0 Å². The molecule has 0 saturated heterocycles. The van der Waals surface area contributed by atoms with E-state index in [4.69, 9.17) is 0 Å². The molecule has 0 aromatic heterocycles. The van der Waals surface area contributed by atoms with Crippen molar-refractivity contribution in [2.24, 2.45) is 76.4 Å². The lowest BCUT2D eigenvalue weighted by Gasteiger charge is -2.27. The van der Waals surface area contributed by atoms with E-state index in [0.29, 0.717) is 5.41 Å². The molecule has 0 aliphatic carbocycles. The summed E-state index contributed by atoms with van der Waals surface area (Å²) in [5.74, 6) is 10.6. The lowest BCUT2D eigenvalue weighted by molar-refractivity contribution is 0.240. The largest absolute Gasteiger partial charge is 0.0656 e. The molecule has 0 spiro atoms. The maximum absolute atomic E-state index is 2.35. The SMILES string of the molecule is CCC.CCC(C)(C)C(C)C.CCC(C)C.CCC(C)C.CCC(C)C(C)C.CCC(C)C(C)C(C)C.CCC(C)CC.CCCC(C)C.CCCCC(C)C.CCCCC(C)C. The Bertz CT molecular complexity index is 636. The Hall–Kier alpha value is 0. The van der Waals surface area contributed by atoms with Crippen LogP contribution in [0.15, 0.2) is 0 Å². The fourth-order valence-electron chi connectivity index (χ4n) is 4.00. The summed E-state index contributed by atoms with van der Waals surface area (Å²) in [5, 5.41) is 0. The Morgan fingerprint density at radius 3 is 0.635 bits per heavy atom. The number of rotatable bonds is 19. The average Bonchev–Trinajstić information content (AvgIpc) is 3.22. The van der Waals surface area contributed by atoms with Crippen molar-refractivity contribution in [2.45, 2.75) is 338 Å². The molecule has 0 radical (unpaired) electrons. The van der Waals surface area contributed by atoms with Gasteiger partial charge in [-0.25, -0.2) is 0 Å². The van der Waals surface area contributed by atoms with Crippen LogP contribution in [0.25, 0.3) is 0 Å². The quantitative estimate of drug-likeness (QED) is 0.121. The van der Waals surface area contributed by atoms with Crippen molar-refractivity contribution in [1.29, 1.82) is 0 Å². The Balaban J connectivity index is -0.0000000625. The van der Waals surface area contributed by atoms with Crippen molar-refractivity contribution < 1.29 is 0 Å². The van der Waals surface area contributed by atoms with Gasteiger partial charge in [-0.3, -0.25) is 0 Å². The molecule has 0 bridgehead atoms. The molecule has 3 atom stereocenters. The van der Waals surface area contributed by atoms with E-state index in [2.05, 4.69) is 235 Å². The van der Waals surface area contributed by atoms with Crippen molar-refractivity contribution in [3.8, 4) is 0 Å². The zero-order valence-corrected chi connectivity index (χ0v) is 52.7. The van der Waals surface area contributed by atoms with E-state index in [1.165, 1.54) is 103 Å². The van der Waals surface area contributed by atoms with E-state index in [-0.39, 0.29) is 0 Å². The molecule has 0 aliphatic heterocycles. The lowest BCUT2D eigenvalue weighted by Crippen LogP contribution is -2.17. The summed E-state index contributed by atoms with van der Waals surface area (Å²) in [6.45, 7) is 76.7. The predicted molar refractivity (Wildman–Crippen MR) is 311 cm³/mol. The predicted octanol–water partition coefficient (Wildman–Crippen LogP) is 25.2. The van der Waals surface area contributed by atoms with Gasteiger partial charge in [0.2, 0.25) is 0 Å². The molecule has 0 heteroatoms. The Morgan fingerprint density at radius 2 is 0.603 bits per heavy atom. The molecule has 0 amide bonds. The van der Waals surface area contributed by atoms with E-state index in [1.807, 2.05) is 0 Å². The first-order chi connectivity index (χ1) is 28.8. The molecular formula is C63H146. The van der Waals surface area contributed by atoms with Crippen LogP contribution in [0.3, 0.4) is 0 Å². The van der Waals surface area contributed by atoms with Gasteiger partial charge in [-0.1, -0.05) is 338 Å². The van der Waals surface area contributed by atoms with Gasteiger partial charge < -0.3 is 0 Å². The van der Waals surface area contributed by atoms with Crippen LogP contribution in [0.2, 0.25) is 0 Å². The fraction of sp³-hybridized carbons (Fsp3) is 1.00. The topological polar surface area (TPSA) is 0 Å². The third-order valence-electron chi connectivity index (χ3n) is 13.0. The van der Waals surface area contributed by atoms with E-state index >= 15 is 0 Å². The molecule has 0 aromatic rings. The van der Waals surface area contributed by atoms with Crippen LogP contribution >= 0.6 is 0 Å². The van der Waals surface area contributed by atoms with Gasteiger partial charge >= 0.3 is 0 Å². The van der Waals surface area contributed by atoms with Gasteiger partial charge in [-0.05, 0) is 76.4 Å². The zero-order chi connectivity index (χ0) is 52.7. The molecule has 0 rings (SSSR count). The van der Waals surface area contributed by atoms with E-state index in [1.54, 1.807) is 0 Å². The molecule has 0 heterocycles. The molecular weight excluding hydrogens is 757 g/mol. The van der Waals surface area contributed by atoms with Gasteiger partial charge in [0, 0.05) is 0 Å². The minimum absolute atomic E-state index is 0.542. The van der Waals surface area contributed by atoms with Gasteiger partial charge in [-0.15, -0.1) is 0 Å². The first-order valence-corrected chi connectivity index (χ1v) is 28.8. The third kappa shape index (κ3) is 115. The Labute approximate surface area is 412 Å². The first kappa shape index (κ1) is 86.2. The van der Waals surface area contributed by atoms with Crippen LogP contribution in [-0.2, 0) is 0 Å². The molecule has 0 nitrogen and oxygen atoms in total. The van der Waals surface area contributed by atoms with Crippen LogP contribution in [0.1, 0.15) is 338 Å². The summed E-state index contributed by atoms with van der Waals surface area (Å²) < 4.78 is 0. The highest BCUT2D eigenvalue weighted by Crippen LogP contribution is 2.29. The average molecular weight is 904 g/mol. The second-order valence-corrected chi connectivity index (χ2v) is 23.1. The van der Waals surface area contributed by atoms with E-state index in [9.17, 15) is 0 Å². The second kappa shape index (κ2) is 68.6. The number of unbranched alkanes of at least 4 members (excludes halogenated alkanes) is 2. The van der Waals surface area contributed by atoms with Gasteiger partial charge in [0.15, 0.2) is 0 Å². The van der Waals surface area contributed by atoms with E-state index in [0.717, 1.165) is 71.0 Å². The summed E-state index contributed by atoms with van der Waals surface area (Å²) in [4.78, 5) is 0. The van der Waals surface area contributed by atoms with Gasteiger partial charge in [0.1, 0.15) is 0 Å². The molecule has 398 valence electrons. The van der Waals surface area contributed by atoms with Crippen LogP contribution in [0.4, 0.5) is 0 Å². The van der Waals surface area contributed by atoms with Crippen molar-refractivity contribution >= 4 is 0 Å². The minimum atomic E-state index is 0.542. The molecule has 3 unspecified atom stereocenters. The van der Waals surface area contributed by atoms with Gasteiger partial charge in [0.25, 0.3) is 0 Å². The van der Waals surface area contributed by atoms with Crippen molar-refractivity contribution in [2.75, 3.05) is 0 Å². The monoisotopic (exact) mass is 903 g/mol. The number of hydrogen-bond donors (Lipinski definition) is 0. The summed E-state index contributed by atoms with van der Waals surface area (Å²) >= 11 is 0. The summed E-state index contributed by atoms with van der Waals surface area (Å²) in [7, 11) is 0. The fourth-order valence-corrected chi connectivity index (χ4v) is 4.00. The maximum Gasteiger partial charge on any atom is -0.0334 e. The maximum atomic E-state index is 2.35. The summed E-state index contributed by atoms with van der Waals surface area (Å²) in [6.07, 6.45) is 21.4. The van der Waals surface area contributed by atoms with Crippen molar-refractivity contribution in [3.63, 3.8) is 0 Å². The third-order valence-corrected chi connectivity index (χ3v) is 13.0. The molecule has 0 fully saturated rings. The summed E-state index contributed by atoms with van der Waals surface area (Å²) in [6, 6.07) is 0. The highest BCUT2D eigenvalue weighted by molar-refractivity contribution is 4.69. The first-order valence-electron chi connectivity index (χ1n) is 28.8. The highest BCUT2D eigenvalue weighted by atomic mass is 14.2. The zero-order valence-electron chi connectivity index (χ0n) is 52.7. The highest BCUT2D eigenvalue weighted by Gasteiger charge is 2.18. The summed E-state index contributed by atoms with van der Waals surface area (Å²) in [5.41, 5.74) is 0.542. The molecule has 63 heavy (non-hydrogen) atoms. The normalized spacial score (nSPS) is 11.9. The van der Waals surface area contributed by atoms with Crippen LogP contribution in [0.5, 0.6) is 0 Å². The van der Waals surface area contributed by atoms with Crippen LogP contribution in [0, 0.1) is 76.4 Å². The van der Waals surface area contributed by atoms with Gasteiger partial charge in [-0.2, -0.15) is 0 Å². The lowest BCUT2D eigenvalue weighted by atomic mass is 9.79. The molecule has 0 saturated carbocycles. The van der Waals surface area contributed by atoms with E-state index < -0.39 is 0 Å². The van der Waals surface area contributed by atoms with Crippen LogP contribution in [-0.4, -0.2) is 0 Å². The van der Waals surface area contributed by atoms with Crippen molar-refractivity contribution in [3.05, 3.63) is 0 Å². The standard InChI is InChI=1S/C9H20.C8H18.3C7H16.2C6H14.2C5H12.C3H8/c1-6-8(4)9(5)7(2)3;1-6-8(4,5)7(2)3;1-5-7(4)6(2)3;2*1-4-5-6-7(2)3;1-4-5-6(2)3;1-4-6(3)5-2;2*1-4-5(2)3;1-3-2/h7-9H,6H2,1-5H3;7H,6H2,1-5H3;6-7H,5H2,1-4H3;2*7H,4-6H2,1-3H3;2*6H,4-5H2,1-3H3;2*5H,4H2,1-3H3;3H2,1-2H3. The second-order valence-electron chi connectivity index (χ2n) is 23.1. The van der Waals surface area contributed by atoms with Crippen LogP contribution < -0.4 is 0 Å². The molecule has 0 N–H and O–H groups in total.